The molecule has 2 aromatic carbocycles. The first-order valence-electron chi connectivity index (χ1n) is 8.93. The third-order valence-corrected chi connectivity index (χ3v) is 4.11. The number of aromatic nitrogens is 1. The van der Waals surface area contributed by atoms with Crippen molar-refractivity contribution in [3.05, 3.63) is 83.7 Å². The molecule has 0 aliphatic carbocycles. The molecule has 148 valence electrons. The van der Waals surface area contributed by atoms with E-state index < -0.39 is 0 Å². The first kappa shape index (κ1) is 20.0. The van der Waals surface area contributed by atoms with Gasteiger partial charge in [0.2, 0.25) is 0 Å². The molecule has 0 aliphatic heterocycles. The van der Waals surface area contributed by atoms with Crippen molar-refractivity contribution >= 4 is 17.5 Å². The topological polar surface area (TPSA) is 80.8 Å². The van der Waals surface area contributed by atoms with Crippen molar-refractivity contribution in [3.63, 3.8) is 0 Å². The number of aryl methyl sites for hydroxylation is 1. The van der Waals surface area contributed by atoms with Gasteiger partial charge in [-0.2, -0.15) is 5.06 Å². The molecule has 1 N–H and O–H groups in total. The van der Waals surface area contributed by atoms with Crippen molar-refractivity contribution in [3.8, 4) is 11.5 Å². The molecule has 7 nitrogen and oxygen atoms in total. The lowest BCUT2D eigenvalue weighted by atomic mass is 10.1. The summed E-state index contributed by atoms with van der Waals surface area (Å²) in [5.74, 6) is 0.244. The van der Waals surface area contributed by atoms with Crippen LogP contribution in [0.3, 0.4) is 0 Å². The van der Waals surface area contributed by atoms with Gasteiger partial charge in [0.05, 0.1) is 12.8 Å². The summed E-state index contributed by atoms with van der Waals surface area (Å²) in [5.41, 5.74) is 2.28. The van der Waals surface area contributed by atoms with Crippen molar-refractivity contribution in [1.82, 2.24) is 10.3 Å². The second-order valence-electron chi connectivity index (χ2n) is 6.21. The SMILES string of the molecule is CNC(=O)c1cc(Oc2cccc(C(=O)N(OC)c3cccc(C)c3)c2)ccn1. The van der Waals surface area contributed by atoms with Crippen LogP contribution in [0.4, 0.5) is 5.69 Å². The largest absolute Gasteiger partial charge is 0.457 e. The Bertz CT molecular complexity index is 1040. The highest BCUT2D eigenvalue weighted by Crippen LogP contribution is 2.25. The van der Waals surface area contributed by atoms with E-state index in [1.165, 1.54) is 31.5 Å². The van der Waals surface area contributed by atoms with Gasteiger partial charge >= 0.3 is 0 Å². The van der Waals surface area contributed by atoms with Gasteiger partial charge in [0.25, 0.3) is 11.8 Å². The molecule has 1 aromatic heterocycles. The van der Waals surface area contributed by atoms with Crippen LogP contribution in [-0.4, -0.2) is 31.0 Å². The fourth-order valence-electron chi connectivity index (χ4n) is 2.73. The van der Waals surface area contributed by atoms with Crippen LogP contribution in [0, 0.1) is 6.92 Å². The van der Waals surface area contributed by atoms with Crippen LogP contribution < -0.4 is 15.1 Å². The van der Waals surface area contributed by atoms with Crippen LogP contribution in [0.15, 0.2) is 66.9 Å². The maximum atomic E-state index is 13.0. The monoisotopic (exact) mass is 391 g/mol. The van der Waals surface area contributed by atoms with E-state index in [-0.39, 0.29) is 17.5 Å². The second-order valence-corrected chi connectivity index (χ2v) is 6.21. The molecule has 3 rings (SSSR count). The van der Waals surface area contributed by atoms with E-state index in [1.807, 2.05) is 25.1 Å². The predicted molar refractivity (Wildman–Crippen MR) is 109 cm³/mol. The number of anilines is 1. The van der Waals surface area contributed by atoms with E-state index in [4.69, 9.17) is 9.57 Å². The summed E-state index contributed by atoms with van der Waals surface area (Å²) in [5, 5.41) is 3.74. The summed E-state index contributed by atoms with van der Waals surface area (Å²) in [6.45, 7) is 1.94. The average Bonchev–Trinajstić information content (AvgIpc) is 2.74. The first-order valence-corrected chi connectivity index (χ1v) is 8.93. The molecule has 3 aromatic rings. The number of amides is 2. The fraction of sp³-hybridized carbons (Fsp3) is 0.136. The molecule has 0 aliphatic rings. The zero-order chi connectivity index (χ0) is 20.8. The minimum absolute atomic E-state index is 0.238. The Morgan fingerprint density at radius 2 is 1.76 bits per heavy atom. The molecule has 0 fully saturated rings. The lowest BCUT2D eigenvalue weighted by molar-refractivity contribution is 0.0773. The van der Waals surface area contributed by atoms with Crippen LogP contribution in [0.2, 0.25) is 0 Å². The van der Waals surface area contributed by atoms with Gasteiger partial charge in [-0.05, 0) is 48.9 Å². The van der Waals surface area contributed by atoms with E-state index >= 15 is 0 Å². The summed E-state index contributed by atoms with van der Waals surface area (Å²) in [6, 6.07) is 17.4. The van der Waals surface area contributed by atoms with Crippen LogP contribution in [0.25, 0.3) is 0 Å². The Labute approximate surface area is 168 Å². The number of carbonyl (C=O) groups excluding carboxylic acids is 2. The Morgan fingerprint density at radius 1 is 1.00 bits per heavy atom. The minimum Gasteiger partial charge on any atom is -0.457 e. The smallest absolute Gasteiger partial charge is 0.282 e. The molecular formula is C22H21N3O4. The number of ether oxygens (including phenoxy) is 1. The maximum absolute atomic E-state index is 13.0. The molecule has 1 heterocycles. The van der Waals surface area contributed by atoms with Crippen molar-refractivity contribution in [1.29, 1.82) is 0 Å². The van der Waals surface area contributed by atoms with Gasteiger partial charge in [0.15, 0.2) is 0 Å². The number of hydroxylamine groups is 1. The fourth-order valence-corrected chi connectivity index (χ4v) is 2.73. The molecule has 0 bridgehead atoms. The number of nitrogens with one attached hydrogen (secondary N) is 1. The highest BCUT2D eigenvalue weighted by Gasteiger charge is 2.18. The number of hydrogen-bond donors (Lipinski definition) is 1. The van der Waals surface area contributed by atoms with Crippen LogP contribution >= 0.6 is 0 Å². The van der Waals surface area contributed by atoms with Gasteiger partial charge in [-0.15, -0.1) is 0 Å². The van der Waals surface area contributed by atoms with Crippen LogP contribution in [0.1, 0.15) is 26.4 Å². The Kier molecular flexibility index (Phi) is 6.21. The third kappa shape index (κ3) is 4.77. The quantitative estimate of drug-likeness (QED) is 0.647. The molecule has 0 radical (unpaired) electrons. The molecule has 0 saturated heterocycles. The highest BCUT2D eigenvalue weighted by molar-refractivity contribution is 6.05. The van der Waals surface area contributed by atoms with Crippen LogP contribution in [-0.2, 0) is 4.84 Å². The molecule has 0 atom stereocenters. The Hall–Kier alpha value is -3.71. The Balaban J connectivity index is 1.83. The number of benzene rings is 2. The summed E-state index contributed by atoms with van der Waals surface area (Å²) >= 11 is 0. The van der Waals surface area contributed by atoms with E-state index in [2.05, 4.69) is 10.3 Å². The van der Waals surface area contributed by atoms with Gasteiger partial charge in [0.1, 0.15) is 17.2 Å². The zero-order valence-electron chi connectivity index (χ0n) is 16.4. The van der Waals surface area contributed by atoms with Gasteiger partial charge < -0.3 is 10.1 Å². The van der Waals surface area contributed by atoms with Crippen molar-refractivity contribution in [2.24, 2.45) is 0 Å². The first-order chi connectivity index (χ1) is 14.0. The summed E-state index contributed by atoms with van der Waals surface area (Å²) in [7, 11) is 2.97. The van der Waals surface area contributed by atoms with Gasteiger partial charge in [0, 0.05) is 24.9 Å². The number of hydrogen-bond acceptors (Lipinski definition) is 5. The van der Waals surface area contributed by atoms with Crippen molar-refractivity contribution in [2.45, 2.75) is 6.92 Å². The molecule has 0 spiro atoms. The molecular weight excluding hydrogens is 370 g/mol. The number of nitrogens with zero attached hydrogens (tertiary/aromatic N) is 2. The maximum Gasteiger partial charge on any atom is 0.282 e. The van der Waals surface area contributed by atoms with Gasteiger partial charge in [-0.3, -0.25) is 19.4 Å². The number of carbonyl (C=O) groups is 2. The van der Waals surface area contributed by atoms with E-state index in [1.54, 1.807) is 36.4 Å². The van der Waals surface area contributed by atoms with Gasteiger partial charge in [-0.25, -0.2) is 0 Å². The lowest BCUT2D eigenvalue weighted by Crippen LogP contribution is -2.29. The second kappa shape index (κ2) is 8.99. The summed E-state index contributed by atoms with van der Waals surface area (Å²) in [4.78, 5) is 34.0. The predicted octanol–water partition coefficient (Wildman–Crippen LogP) is 3.75. The van der Waals surface area contributed by atoms with Crippen molar-refractivity contribution in [2.75, 3.05) is 19.2 Å². The Morgan fingerprint density at radius 3 is 2.48 bits per heavy atom. The number of rotatable bonds is 6. The van der Waals surface area contributed by atoms with E-state index in [9.17, 15) is 9.59 Å². The lowest BCUT2D eigenvalue weighted by Gasteiger charge is -2.20. The van der Waals surface area contributed by atoms with Gasteiger partial charge in [-0.1, -0.05) is 18.2 Å². The highest BCUT2D eigenvalue weighted by atomic mass is 16.7. The van der Waals surface area contributed by atoms with E-state index in [0.29, 0.717) is 22.7 Å². The zero-order valence-corrected chi connectivity index (χ0v) is 16.4. The molecule has 2 amide bonds. The van der Waals surface area contributed by atoms with Crippen molar-refractivity contribution < 1.29 is 19.2 Å². The molecule has 7 heteroatoms. The van der Waals surface area contributed by atoms with Crippen LogP contribution in [0.5, 0.6) is 11.5 Å². The third-order valence-electron chi connectivity index (χ3n) is 4.11. The molecule has 0 unspecified atom stereocenters. The molecule has 0 saturated carbocycles. The average molecular weight is 391 g/mol. The summed E-state index contributed by atoms with van der Waals surface area (Å²) < 4.78 is 5.81. The van der Waals surface area contributed by atoms with E-state index in [0.717, 1.165) is 5.56 Å². The number of pyridine rings is 1. The minimum atomic E-state index is -0.329. The molecule has 29 heavy (non-hydrogen) atoms. The summed E-state index contributed by atoms with van der Waals surface area (Å²) in [6.07, 6.45) is 1.49. The normalized spacial score (nSPS) is 10.3. The standard InChI is InChI=1S/C22H21N3O4/c1-15-6-4-8-17(12-15)25(28-3)22(27)16-7-5-9-18(13-16)29-19-10-11-24-20(14-19)21(26)23-2/h4-14H,1-3H3,(H,23,26).